The van der Waals surface area contributed by atoms with E-state index in [0.29, 0.717) is 0 Å². The van der Waals surface area contributed by atoms with Crippen molar-refractivity contribution in [2.24, 2.45) is 0 Å². The van der Waals surface area contributed by atoms with Gasteiger partial charge in [-0.1, -0.05) is 12.1 Å². The normalized spacial score (nSPS) is 34.7. The van der Waals surface area contributed by atoms with Gasteiger partial charge < -0.3 is 0 Å². The number of hydrogen-bond donors (Lipinski definition) is 0. The minimum absolute atomic E-state index is 0.894. The highest BCUT2D eigenvalue weighted by molar-refractivity contribution is 5.99. The molecule has 0 aliphatic heterocycles. The molecule has 2 aromatic carbocycles. The first kappa shape index (κ1) is 13.0. The Morgan fingerprint density at radius 1 is 0.458 bits per heavy atom. The van der Waals surface area contributed by atoms with Gasteiger partial charge in [0.2, 0.25) is 0 Å². The molecule has 4 atom stereocenters. The molecule has 0 heterocycles. The summed E-state index contributed by atoms with van der Waals surface area (Å²) in [7, 11) is 0. The fourth-order valence-corrected chi connectivity index (χ4v) is 7.61. The first-order valence-electron chi connectivity index (χ1n) is 10.5. The van der Waals surface area contributed by atoms with Gasteiger partial charge in [-0.3, -0.25) is 0 Å². The highest BCUT2D eigenvalue weighted by atomic mass is 14.5. The molecule has 0 nitrogen and oxygen atoms in total. The Bertz CT molecular complexity index is 828. The van der Waals surface area contributed by atoms with Gasteiger partial charge in [-0.15, -0.1) is 0 Å². The van der Waals surface area contributed by atoms with Crippen molar-refractivity contribution in [3.05, 3.63) is 45.5 Å². The van der Waals surface area contributed by atoms with Crippen LogP contribution < -0.4 is 0 Å². The molecule has 0 saturated carbocycles. The fourth-order valence-electron chi connectivity index (χ4n) is 7.61. The van der Waals surface area contributed by atoms with Crippen molar-refractivity contribution in [1.82, 2.24) is 0 Å². The lowest BCUT2D eigenvalue weighted by Gasteiger charge is -2.48. The lowest BCUT2D eigenvalue weighted by atomic mass is 9.57. The van der Waals surface area contributed by atoms with E-state index in [1.165, 1.54) is 64.2 Å². The molecular formula is C24H26. The Labute approximate surface area is 144 Å². The summed E-state index contributed by atoms with van der Waals surface area (Å²) in [5.74, 6) is 3.62. The van der Waals surface area contributed by atoms with Gasteiger partial charge in [0.25, 0.3) is 0 Å². The van der Waals surface area contributed by atoms with Crippen molar-refractivity contribution in [3.63, 3.8) is 0 Å². The lowest BCUT2D eigenvalue weighted by Crippen LogP contribution is -2.31. The van der Waals surface area contributed by atoms with E-state index in [1.54, 1.807) is 21.9 Å². The summed E-state index contributed by atoms with van der Waals surface area (Å²) in [6.45, 7) is 0. The largest absolute Gasteiger partial charge is 0.0581 e. The van der Waals surface area contributed by atoms with Gasteiger partial charge in [0, 0.05) is 0 Å². The molecule has 0 spiro atoms. The van der Waals surface area contributed by atoms with E-state index in [2.05, 4.69) is 12.1 Å². The predicted molar refractivity (Wildman–Crippen MR) is 99.3 cm³/mol. The molecule has 4 unspecified atom stereocenters. The molecular weight excluding hydrogens is 288 g/mol. The zero-order chi connectivity index (χ0) is 15.4. The van der Waals surface area contributed by atoms with Crippen molar-refractivity contribution in [3.8, 4) is 0 Å². The third-order valence-corrected chi connectivity index (χ3v) is 8.54. The second kappa shape index (κ2) is 4.26. The highest BCUT2D eigenvalue weighted by Crippen LogP contribution is 2.61. The van der Waals surface area contributed by atoms with Crippen molar-refractivity contribution in [2.45, 2.75) is 87.9 Å². The molecule has 122 valence electrons. The van der Waals surface area contributed by atoms with Gasteiger partial charge in [0.15, 0.2) is 0 Å². The van der Waals surface area contributed by atoms with Crippen molar-refractivity contribution in [1.29, 1.82) is 0 Å². The van der Waals surface area contributed by atoms with Gasteiger partial charge in [-0.2, -0.15) is 0 Å². The van der Waals surface area contributed by atoms with E-state index in [4.69, 9.17) is 0 Å². The van der Waals surface area contributed by atoms with Crippen LogP contribution in [0, 0.1) is 0 Å². The summed E-state index contributed by atoms with van der Waals surface area (Å²) in [6.07, 6.45) is 14.4. The van der Waals surface area contributed by atoms with Gasteiger partial charge in [-0.25, -0.2) is 0 Å². The average molecular weight is 314 g/mol. The van der Waals surface area contributed by atoms with E-state index < -0.39 is 0 Å². The van der Waals surface area contributed by atoms with Crippen LogP contribution >= 0.6 is 0 Å². The average Bonchev–Trinajstić information content (AvgIpc) is 2.65. The van der Waals surface area contributed by atoms with Crippen LogP contribution in [0.2, 0.25) is 0 Å². The summed E-state index contributed by atoms with van der Waals surface area (Å²) >= 11 is 0. The van der Waals surface area contributed by atoms with E-state index in [9.17, 15) is 0 Å². The monoisotopic (exact) mass is 314 g/mol. The minimum Gasteiger partial charge on any atom is -0.0581 e. The maximum Gasteiger partial charge on any atom is -0.0108 e. The minimum atomic E-state index is 0.894. The third-order valence-electron chi connectivity index (χ3n) is 8.54. The Balaban J connectivity index is 1.75. The number of aryl methyl sites for hydroxylation is 2. The molecule has 7 rings (SSSR count). The smallest absolute Gasteiger partial charge is 0.0108 e. The second-order valence-electron chi connectivity index (χ2n) is 9.39. The van der Waals surface area contributed by atoms with E-state index in [1.807, 2.05) is 22.3 Å². The van der Waals surface area contributed by atoms with E-state index in [-0.39, 0.29) is 0 Å². The maximum atomic E-state index is 2.51. The van der Waals surface area contributed by atoms with Crippen LogP contribution in [0.15, 0.2) is 12.1 Å². The molecule has 2 aromatic rings. The van der Waals surface area contributed by atoms with E-state index in [0.717, 1.165) is 23.7 Å². The maximum absolute atomic E-state index is 2.51. The molecule has 0 bridgehead atoms. The Morgan fingerprint density at radius 3 is 1.25 bits per heavy atom. The van der Waals surface area contributed by atoms with Crippen LogP contribution in [0.5, 0.6) is 0 Å². The molecule has 0 heteroatoms. The summed E-state index contributed by atoms with van der Waals surface area (Å²) in [4.78, 5) is 0. The zero-order valence-electron chi connectivity index (χ0n) is 14.5. The van der Waals surface area contributed by atoms with Crippen molar-refractivity contribution >= 4 is 10.8 Å². The Hall–Kier alpha value is -1.30. The van der Waals surface area contributed by atoms with Gasteiger partial charge >= 0.3 is 0 Å². The van der Waals surface area contributed by atoms with Crippen LogP contribution in [0.4, 0.5) is 0 Å². The van der Waals surface area contributed by atoms with Crippen molar-refractivity contribution in [2.75, 3.05) is 0 Å². The number of benzene rings is 2. The number of hydrogen-bond acceptors (Lipinski definition) is 0. The molecule has 0 radical (unpaired) electrons. The van der Waals surface area contributed by atoms with Gasteiger partial charge in [0.1, 0.15) is 0 Å². The molecule has 0 fully saturated rings. The van der Waals surface area contributed by atoms with Crippen LogP contribution in [0.3, 0.4) is 0 Å². The topological polar surface area (TPSA) is 0 Å². The SMILES string of the molecule is c1cc2c3c4c5c6c7c3c1CCC7CCC6CCC5CCC4CC2. The predicted octanol–water partition coefficient (Wildman–Crippen LogP) is 6.45. The van der Waals surface area contributed by atoms with E-state index >= 15 is 0 Å². The summed E-state index contributed by atoms with van der Waals surface area (Å²) < 4.78 is 0. The fraction of sp³-hybridized carbons (Fsp3) is 0.583. The quantitative estimate of drug-likeness (QED) is 0.524. The first-order valence-corrected chi connectivity index (χ1v) is 10.5. The Kier molecular flexibility index (Phi) is 2.31. The highest BCUT2D eigenvalue weighted by Gasteiger charge is 2.43. The van der Waals surface area contributed by atoms with Crippen LogP contribution in [-0.4, -0.2) is 0 Å². The molecule has 5 aliphatic carbocycles. The third kappa shape index (κ3) is 1.37. The lowest BCUT2D eigenvalue weighted by molar-refractivity contribution is 0.357. The molecule has 0 amide bonds. The summed E-state index contributed by atoms with van der Waals surface area (Å²) in [5.41, 5.74) is 11.0. The molecule has 0 N–H and O–H groups in total. The van der Waals surface area contributed by atoms with Crippen LogP contribution in [-0.2, 0) is 12.8 Å². The van der Waals surface area contributed by atoms with Crippen LogP contribution in [0.1, 0.15) is 108 Å². The summed E-state index contributed by atoms with van der Waals surface area (Å²) in [5, 5.41) is 3.57. The van der Waals surface area contributed by atoms with Crippen LogP contribution in [0.25, 0.3) is 10.8 Å². The molecule has 5 aliphatic rings. The second-order valence-corrected chi connectivity index (χ2v) is 9.39. The number of rotatable bonds is 0. The zero-order valence-corrected chi connectivity index (χ0v) is 14.5. The molecule has 0 aromatic heterocycles. The molecule has 24 heavy (non-hydrogen) atoms. The summed E-state index contributed by atoms with van der Waals surface area (Å²) in [6, 6.07) is 5.02. The standard InChI is InChI=1S/C24H26/c1-2-14-5-6-16-9-11-18-12-10-17-8-7-15-4-3-13(1)19-20(14)22(16)24(18)23(17)21(15)19/h1-2,15-18H,3-12H2. The Morgan fingerprint density at radius 2 is 0.833 bits per heavy atom. The molecule has 0 saturated heterocycles. The van der Waals surface area contributed by atoms with Crippen molar-refractivity contribution < 1.29 is 0 Å². The van der Waals surface area contributed by atoms with Gasteiger partial charge in [-0.05, 0) is 132 Å². The first-order chi connectivity index (χ1) is 11.9. The van der Waals surface area contributed by atoms with Gasteiger partial charge in [0.05, 0.1) is 0 Å².